The Morgan fingerprint density at radius 2 is 1.78 bits per heavy atom. The molecule has 0 bridgehead atoms. The van der Waals surface area contributed by atoms with Gasteiger partial charge in [0.15, 0.2) is 0 Å². The molecule has 2 aromatic carbocycles. The molecule has 0 radical (unpaired) electrons. The number of oxime groups is 1. The van der Waals surface area contributed by atoms with E-state index >= 15 is 0 Å². The van der Waals surface area contributed by atoms with Crippen molar-refractivity contribution in [3.8, 4) is 0 Å². The Hall–Kier alpha value is -2.22. The zero-order valence-corrected chi connectivity index (χ0v) is 15.7. The van der Waals surface area contributed by atoms with Gasteiger partial charge in [-0.3, -0.25) is 0 Å². The molecule has 27 heavy (non-hydrogen) atoms. The van der Waals surface area contributed by atoms with E-state index in [1.807, 2.05) is 0 Å². The molecular weight excluding hydrogens is 420 g/mol. The molecule has 2 N–H and O–H groups in total. The molecule has 0 saturated heterocycles. The van der Waals surface area contributed by atoms with Crippen LogP contribution in [-0.4, -0.2) is 10.9 Å². The first-order valence-electron chi connectivity index (χ1n) is 7.50. The highest BCUT2D eigenvalue weighted by molar-refractivity contribution is 7.13. The monoisotopic (exact) mass is 430 g/mol. The fourth-order valence-electron chi connectivity index (χ4n) is 2.46. The van der Waals surface area contributed by atoms with E-state index in [0.717, 1.165) is 6.07 Å². The predicted octanol–water partition coefficient (Wildman–Crippen LogP) is 7.04. The van der Waals surface area contributed by atoms with Crippen molar-refractivity contribution in [2.75, 3.05) is 5.32 Å². The fraction of sp³-hybridized carbons (Fsp3) is 0.0556. The number of hydrogen-bond donors (Lipinski definition) is 2. The van der Waals surface area contributed by atoms with E-state index < -0.39 is 11.7 Å². The van der Waals surface area contributed by atoms with E-state index in [9.17, 15) is 18.4 Å². The molecule has 0 aliphatic carbocycles. The minimum atomic E-state index is -4.49. The zero-order valence-electron chi connectivity index (χ0n) is 13.4. The minimum Gasteiger partial charge on any atom is -0.410 e. The molecular formula is C18H11Cl2F3N2OS. The lowest BCUT2D eigenvalue weighted by Crippen LogP contribution is -2.09. The summed E-state index contributed by atoms with van der Waals surface area (Å²) in [6, 6.07) is 11.3. The molecule has 0 amide bonds. The van der Waals surface area contributed by atoms with E-state index in [1.165, 1.54) is 35.6 Å². The Labute approximate surface area is 166 Å². The Morgan fingerprint density at radius 3 is 2.37 bits per heavy atom. The van der Waals surface area contributed by atoms with Crippen LogP contribution in [-0.2, 0) is 6.18 Å². The summed E-state index contributed by atoms with van der Waals surface area (Å²) in [6.45, 7) is 0. The van der Waals surface area contributed by atoms with E-state index in [-0.39, 0.29) is 16.4 Å². The largest absolute Gasteiger partial charge is 0.418 e. The summed E-state index contributed by atoms with van der Waals surface area (Å²) in [7, 11) is 0. The van der Waals surface area contributed by atoms with Crippen molar-refractivity contribution in [1.29, 1.82) is 0 Å². The second kappa shape index (κ2) is 7.80. The maximum atomic E-state index is 13.1. The number of nitrogens with one attached hydrogen (secondary N) is 1. The van der Waals surface area contributed by atoms with Crippen molar-refractivity contribution >= 4 is 51.6 Å². The van der Waals surface area contributed by atoms with Crippen molar-refractivity contribution in [3.63, 3.8) is 0 Å². The molecule has 140 valence electrons. The normalized spacial score (nSPS) is 12.3. The molecule has 0 saturated carbocycles. The molecule has 1 heterocycles. The highest BCUT2D eigenvalue weighted by Gasteiger charge is 2.33. The van der Waals surface area contributed by atoms with Gasteiger partial charge in [-0.2, -0.15) is 13.2 Å². The van der Waals surface area contributed by atoms with Gasteiger partial charge in [-0.1, -0.05) is 40.5 Å². The summed E-state index contributed by atoms with van der Waals surface area (Å²) < 4.78 is 39.4. The second-order valence-electron chi connectivity index (χ2n) is 5.41. The highest BCUT2D eigenvalue weighted by Crippen LogP contribution is 2.37. The van der Waals surface area contributed by atoms with Gasteiger partial charge >= 0.3 is 6.18 Å². The van der Waals surface area contributed by atoms with Crippen LogP contribution in [0.2, 0.25) is 10.0 Å². The van der Waals surface area contributed by atoms with Crippen LogP contribution in [0.25, 0.3) is 0 Å². The third kappa shape index (κ3) is 4.21. The summed E-state index contributed by atoms with van der Waals surface area (Å²) >= 11 is 13.6. The first-order valence-corrected chi connectivity index (χ1v) is 9.13. The van der Waals surface area contributed by atoms with Crippen LogP contribution in [0.3, 0.4) is 0 Å². The highest BCUT2D eigenvalue weighted by atomic mass is 35.5. The topological polar surface area (TPSA) is 44.6 Å². The van der Waals surface area contributed by atoms with Crippen molar-refractivity contribution in [3.05, 3.63) is 80.0 Å². The molecule has 3 rings (SSSR count). The molecule has 0 aliphatic heterocycles. The molecule has 0 aliphatic rings. The van der Waals surface area contributed by atoms with Crippen molar-refractivity contribution in [1.82, 2.24) is 0 Å². The Balaban J connectivity index is 1.94. The van der Waals surface area contributed by atoms with Crippen LogP contribution in [0, 0.1) is 0 Å². The van der Waals surface area contributed by atoms with Gasteiger partial charge in [0, 0.05) is 11.3 Å². The molecule has 0 spiro atoms. The van der Waals surface area contributed by atoms with Gasteiger partial charge < -0.3 is 10.5 Å². The molecule has 9 heteroatoms. The average molecular weight is 431 g/mol. The van der Waals surface area contributed by atoms with E-state index in [2.05, 4.69) is 10.5 Å². The molecule has 0 fully saturated rings. The number of anilines is 2. The molecule has 0 atom stereocenters. The number of nitrogens with zero attached hydrogens (tertiary/aromatic N) is 1. The first kappa shape index (κ1) is 19.5. The first-order chi connectivity index (χ1) is 12.8. The van der Waals surface area contributed by atoms with Gasteiger partial charge in [-0.05, 0) is 41.8 Å². The average Bonchev–Trinajstić information content (AvgIpc) is 3.03. The summed E-state index contributed by atoms with van der Waals surface area (Å²) in [4.78, 5) is 0.532. The summed E-state index contributed by atoms with van der Waals surface area (Å²) in [5.41, 5.74) is 0.0646. The lowest BCUT2D eigenvalue weighted by Gasteiger charge is -2.15. The maximum Gasteiger partial charge on any atom is 0.418 e. The summed E-state index contributed by atoms with van der Waals surface area (Å²) in [6.07, 6.45) is -4.49. The predicted molar refractivity (Wildman–Crippen MR) is 103 cm³/mol. The van der Waals surface area contributed by atoms with E-state index in [4.69, 9.17) is 23.2 Å². The van der Waals surface area contributed by atoms with Crippen LogP contribution in [0.15, 0.2) is 59.1 Å². The number of rotatable bonds is 4. The minimum absolute atomic E-state index is 0.0915. The van der Waals surface area contributed by atoms with Crippen LogP contribution >= 0.6 is 34.5 Å². The molecule has 3 nitrogen and oxygen atoms in total. The van der Waals surface area contributed by atoms with Gasteiger partial charge in [-0.15, -0.1) is 11.3 Å². The number of alkyl halides is 3. The van der Waals surface area contributed by atoms with Crippen LogP contribution < -0.4 is 5.32 Å². The zero-order chi connectivity index (χ0) is 19.6. The van der Waals surface area contributed by atoms with Crippen LogP contribution in [0.4, 0.5) is 24.5 Å². The van der Waals surface area contributed by atoms with Gasteiger partial charge in [-0.25, -0.2) is 0 Å². The third-order valence-electron chi connectivity index (χ3n) is 3.67. The number of benzene rings is 2. The Morgan fingerprint density at radius 1 is 1.04 bits per heavy atom. The lowest BCUT2D eigenvalue weighted by atomic mass is 10.1. The van der Waals surface area contributed by atoms with Crippen LogP contribution in [0.1, 0.15) is 16.0 Å². The molecule has 0 unspecified atom stereocenters. The van der Waals surface area contributed by atoms with Crippen LogP contribution in [0.5, 0.6) is 0 Å². The molecule has 1 aromatic heterocycles. The summed E-state index contributed by atoms with van der Waals surface area (Å²) in [5, 5.41) is 17.7. The smallest absolute Gasteiger partial charge is 0.410 e. The standard InChI is InChI=1S/C18H11Cl2F3N2OS/c19-13-7-8-27-17(13)16(25-26)11-6-5-10(9-14(11)20)24-15-4-2-1-3-12(15)18(21,22)23/h1-9,24,26H/b25-16-. The van der Waals surface area contributed by atoms with E-state index in [0.29, 0.717) is 21.2 Å². The van der Waals surface area contributed by atoms with E-state index in [1.54, 1.807) is 23.6 Å². The van der Waals surface area contributed by atoms with Gasteiger partial charge in [0.2, 0.25) is 0 Å². The number of halogens is 5. The second-order valence-corrected chi connectivity index (χ2v) is 7.14. The lowest BCUT2D eigenvalue weighted by molar-refractivity contribution is -0.136. The van der Waals surface area contributed by atoms with Crippen molar-refractivity contribution < 1.29 is 18.4 Å². The fourth-order valence-corrected chi connectivity index (χ4v) is 3.88. The van der Waals surface area contributed by atoms with Gasteiger partial charge in [0.1, 0.15) is 5.71 Å². The van der Waals surface area contributed by atoms with Crippen molar-refractivity contribution in [2.45, 2.75) is 6.18 Å². The number of thiophene rings is 1. The number of para-hydroxylation sites is 1. The quantitative estimate of drug-likeness (QED) is 0.264. The Kier molecular flexibility index (Phi) is 5.64. The maximum absolute atomic E-state index is 13.1. The van der Waals surface area contributed by atoms with Gasteiger partial charge in [0.25, 0.3) is 0 Å². The Bertz CT molecular complexity index is 1000. The summed E-state index contributed by atoms with van der Waals surface area (Å²) in [5.74, 6) is 0. The number of hydrogen-bond acceptors (Lipinski definition) is 4. The third-order valence-corrected chi connectivity index (χ3v) is 5.33. The molecule has 3 aromatic rings. The van der Waals surface area contributed by atoms with Gasteiger partial charge in [0.05, 0.1) is 26.2 Å². The van der Waals surface area contributed by atoms with Crippen molar-refractivity contribution in [2.24, 2.45) is 5.16 Å². The SMILES string of the molecule is O/N=C(/c1ccc(Nc2ccccc2C(F)(F)F)cc1Cl)c1sccc1Cl.